The SMILES string of the molecule is CC(Oc1ccc(C(=O)C(Cc2ccccc2)c2ccccc2)cc1)N1CCCC1. The van der Waals surface area contributed by atoms with Crippen molar-refractivity contribution in [1.29, 1.82) is 0 Å². The summed E-state index contributed by atoms with van der Waals surface area (Å²) in [5, 5.41) is 0. The van der Waals surface area contributed by atoms with Crippen molar-refractivity contribution in [2.75, 3.05) is 13.1 Å². The van der Waals surface area contributed by atoms with Crippen LogP contribution in [0.1, 0.15) is 47.2 Å². The molecule has 3 aromatic carbocycles. The van der Waals surface area contributed by atoms with Gasteiger partial charge in [0.25, 0.3) is 0 Å². The number of rotatable bonds is 8. The summed E-state index contributed by atoms with van der Waals surface area (Å²) in [6, 6.07) is 27.9. The van der Waals surface area contributed by atoms with Gasteiger partial charge in [-0.2, -0.15) is 0 Å². The van der Waals surface area contributed by atoms with Crippen LogP contribution in [-0.2, 0) is 6.42 Å². The van der Waals surface area contributed by atoms with E-state index in [1.54, 1.807) is 0 Å². The number of carbonyl (C=O) groups excluding carboxylic acids is 1. The van der Waals surface area contributed by atoms with Gasteiger partial charge in [-0.15, -0.1) is 0 Å². The number of Topliss-reactive ketones (excluding diaryl/α,β-unsaturated/α-hetero) is 1. The first-order valence-electron chi connectivity index (χ1n) is 10.8. The average Bonchev–Trinajstić information content (AvgIpc) is 3.34. The zero-order chi connectivity index (χ0) is 20.8. The number of carbonyl (C=O) groups is 1. The number of hydrogen-bond acceptors (Lipinski definition) is 3. The van der Waals surface area contributed by atoms with Crippen LogP contribution < -0.4 is 4.74 Å². The summed E-state index contributed by atoms with van der Waals surface area (Å²) in [7, 11) is 0. The molecule has 0 N–H and O–H groups in total. The van der Waals surface area contributed by atoms with Crippen molar-refractivity contribution in [1.82, 2.24) is 4.90 Å². The number of ether oxygens (including phenoxy) is 1. The fourth-order valence-electron chi connectivity index (χ4n) is 4.17. The Balaban J connectivity index is 1.50. The van der Waals surface area contributed by atoms with Crippen LogP contribution in [0.5, 0.6) is 5.75 Å². The smallest absolute Gasteiger partial charge is 0.170 e. The maximum absolute atomic E-state index is 13.4. The summed E-state index contributed by atoms with van der Waals surface area (Å²) in [6.07, 6.45) is 3.23. The molecule has 0 aliphatic carbocycles. The van der Waals surface area contributed by atoms with Gasteiger partial charge in [-0.25, -0.2) is 0 Å². The quantitative estimate of drug-likeness (QED) is 0.454. The lowest BCUT2D eigenvalue weighted by atomic mass is 9.85. The van der Waals surface area contributed by atoms with Crippen LogP contribution in [0.15, 0.2) is 84.9 Å². The van der Waals surface area contributed by atoms with Crippen LogP contribution in [0.25, 0.3) is 0 Å². The Kier molecular flexibility index (Phi) is 6.60. The van der Waals surface area contributed by atoms with E-state index in [4.69, 9.17) is 4.74 Å². The normalized spacial score (nSPS) is 16.2. The van der Waals surface area contributed by atoms with E-state index >= 15 is 0 Å². The van der Waals surface area contributed by atoms with Gasteiger partial charge in [-0.1, -0.05) is 60.7 Å². The minimum absolute atomic E-state index is 0.0594. The molecule has 0 aromatic heterocycles. The van der Waals surface area contributed by atoms with Gasteiger partial charge < -0.3 is 4.74 Å². The van der Waals surface area contributed by atoms with Crippen LogP contribution in [0.2, 0.25) is 0 Å². The van der Waals surface area contributed by atoms with Crippen molar-refractivity contribution in [2.24, 2.45) is 0 Å². The molecule has 2 unspecified atom stereocenters. The maximum atomic E-state index is 13.4. The van der Waals surface area contributed by atoms with Crippen LogP contribution >= 0.6 is 0 Å². The highest BCUT2D eigenvalue weighted by molar-refractivity contribution is 6.01. The number of hydrogen-bond donors (Lipinski definition) is 0. The number of ketones is 1. The highest BCUT2D eigenvalue weighted by Crippen LogP contribution is 2.27. The standard InChI is InChI=1S/C27H29NO2/c1-21(28-18-8-9-19-28)30-25-16-14-24(15-17-25)27(29)26(23-12-6-3-7-13-23)20-22-10-4-2-5-11-22/h2-7,10-17,21,26H,8-9,18-20H2,1H3. The predicted molar refractivity (Wildman–Crippen MR) is 121 cm³/mol. The molecule has 0 radical (unpaired) electrons. The van der Waals surface area contributed by atoms with Crippen LogP contribution in [0, 0.1) is 0 Å². The van der Waals surface area contributed by atoms with Crippen molar-refractivity contribution in [3.8, 4) is 5.75 Å². The summed E-state index contributed by atoms with van der Waals surface area (Å²) < 4.78 is 6.09. The third-order valence-corrected chi connectivity index (χ3v) is 5.90. The van der Waals surface area contributed by atoms with Gasteiger partial charge in [0.15, 0.2) is 5.78 Å². The van der Waals surface area contributed by atoms with E-state index in [2.05, 4.69) is 24.0 Å². The van der Waals surface area contributed by atoms with Crippen molar-refractivity contribution in [3.63, 3.8) is 0 Å². The van der Waals surface area contributed by atoms with E-state index in [0.29, 0.717) is 6.42 Å². The lowest BCUT2D eigenvalue weighted by molar-refractivity contribution is 0.0592. The van der Waals surface area contributed by atoms with E-state index in [9.17, 15) is 4.79 Å². The second kappa shape index (κ2) is 9.73. The predicted octanol–water partition coefficient (Wildman–Crippen LogP) is 5.72. The van der Waals surface area contributed by atoms with Gasteiger partial charge in [0.2, 0.25) is 0 Å². The second-order valence-corrected chi connectivity index (χ2v) is 8.00. The van der Waals surface area contributed by atoms with E-state index in [-0.39, 0.29) is 17.9 Å². The Bertz CT molecular complexity index is 932. The van der Waals surface area contributed by atoms with Crippen molar-refractivity contribution in [3.05, 3.63) is 102 Å². The van der Waals surface area contributed by atoms with Gasteiger partial charge in [-0.3, -0.25) is 9.69 Å². The summed E-state index contributed by atoms with van der Waals surface area (Å²) >= 11 is 0. The third kappa shape index (κ3) is 4.98. The second-order valence-electron chi connectivity index (χ2n) is 8.00. The molecule has 0 bridgehead atoms. The molecule has 0 saturated carbocycles. The molecule has 1 heterocycles. The van der Waals surface area contributed by atoms with Crippen molar-refractivity contribution in [2.45, 2.75) is 38.3 Å². The molecule has 2 atom stereocenters. The Labute approximate surface area is 179 Å². The molecule has 1 aliphatic rings. The van der Waals surface area contributed by atoms with Gasteiger partial charge in [-0.05, 0) is 61.6 Å². The Morgan fingerprint density at radius 2 is 1.47 bits per heavy atom. The summed E-state index contributed by atoms with van der Waals surface area (Å²) in [4.78, 5) is 15.8. The van der Waals surface area contributed by atoms with Crippen molar-refractivity contribution < 1.29 is 9.53 Å². The van der Waals surface area contributed by atoms with Gasteiger partial charge in [0.05, 0.1) is 5.92 Å². The molecular formula is C27H29NO2. The maximum Gasteiger partial charge on any atom is 0.170 e. The zero-order valence-electron chi connectivity index (χ0n) is 17.5. The fourth-order valence-corrected chi connectivity index (χ4v) is 4.17. The molecule has 1 saturated heterocycles. The first kappa shape index (κ1) is 20.4. The molecule has 3 heteroatoms. The minimum atomic E-state index is -0.205. The van der Waals surface area contributed by atoms with Crippen molar-refractivity contribution >= 4 is 5.78 Å². The largest absolute Gasteiger partial charge is 0.475 e. The molecule has 3 nitrogen and oxygen atoms in total. The summed E-state index contributed by atoms with van der Waals surface area (Å²) in [6.45, 7) is 4.28. The summed E-state index contributed by atoms with van der Waals surface area (Å²) in [5.41, 5.74) is 2.94. The number of nitrogens with zero attached hydrogens (tertiary/aromatic N) is 1. The summed E-state index contributed by atoms with van der Waals surface area (Å²) in [5.74, 6) is 0.748. The Morgan fingerprint density at radius 3 is 2.10 bits per heavy atom. The molecule has 0 spiro atoms. The van der Waals surface area contributed by atoms with Crippen LogP contribution in [0.4, 0.5) is 0 Å². The lowest BCUT2D eigenvalue weighted by Crippen LogP contribution is -2.34. The van der Waals surface area contributed by atoms with Gasteiger partial charge >= 0.3 is 0 Å². The number of likely N-dealkylation sites (tertiary alicyclic amines) is 1. The van der Waals surface area contributed by atoms with Gasteiger partial charge in [0, 0.05) is 18.7 Å². The van der Waals surface area contributed by atoms with E-state index in [1.807, 2.05) is 72.8 Å². The minimum Gasteiger partial charge on any atom is -0.475 e. The third-order valence-electron chi connectivity index (χ3n) is 5.90. The lowest BCUT2D eigenvalue weighted by Gasteiger charge is -2.24. The molecule has 1 aliphatic heterocycles. The number of benzene rings is 3. The Hall–Kier alpha value is -2.91. The fraction of sp³-hybridized carbons (Fsp3) is 0.296. The Morgan fingerprint density at radius 1 is 0.867 bits per heavy atom. The molecular weight excluding hydrogens is 370 g/mol. The zero-order valence-corrected chi connectivity index (χ0v) is 17.5. The molecule has 154 valence electrons. The van der Waals surface area contributed by atoms with Crippen LogP contribution in [-0.4, -0.2) is 30.0 Å². The monoisotopic (exact) mass is 399 g/mol. The molecule has 30 heavy (non-hydrogen) atoms. The van der Waals surface area contributed by atoms with Crippen LogP contribution in [0.3, 0.4) is 0 Å². The topological polar surface area (TPSA) is 29.5 Å². The van der Waals surface area contributed by atoms with E-state index < -0.39 is 0 Å². The highest BCUT2D eigenvalue weighted by atomic mass is 16.5. The highest BCUT2D eigenvalue weighted by Gasteiger charge is 2.23. The molecule has 3 aromatic rings. The molecule has 1 fully saturated rings. The first-order chi connectivity index (χ1) is 14.7. The first-order valence-corrected chi connectivity index (χ1v) is 10.8. The molecule has 0 amide bonds. The van der Waals surface area contributed by atoms with Gasteiger partial charge in [0.1, 0.15) is 12.0 Å². The van der Waals surface area contributed by atoms with E-state index in [0.717, 1.165) is 30.0 Å². The van der Waals surface area contributed by atoms with E-state index in [1.165, 1.54) is 18.4 Å². The molecule has 4 rings (SSSR count). The average molecular weight is 400 g/mol.